The lowest BCUT2D eigenvalue weighted by Crippen LogP contribution is -2.57. The summed E-state index contributed by atoms with van der Waals surface area (Å²) in [6, 6.07) is 4.47. The Balaban J connectivity index is 1.57. The van der Waals surface area contributed by atoms with Crippen molar-refractivity contribution in [2.75, 3.05) is 18.4 Å². The maximum atomic E-state index is 12.9. The number of esters is 1. The van der Waals surface area contributed by atoms with Crippen LogP contribution in [0.5, 0.6) is 5.75 Å². The number of aliphatic carboxylic acids is 1. The Kier molecular flexibility index (Phi) is 13.0. The first-order chi connectivity index (χ1) is 22.1. The monoisotopic (exact) mass is 661 g/mol. The summed E-state index contributed by atoms with van der Waals surface area (Å²) in [5.41, 5.74) is -0.160. The number of amides is 4. The molecule has 0 saturated heterocycles. The van der Waals surface area contributed by atoms with E-state index < -0.39 is 53.6 Å². The van der Waals surface area contributed by atoms with Crippen molar-refractivity contribution in [1.82, 2.24) is 10.2 Å². The van der Waals surface area contributed by atoms with Crippen LogP contribution in [0, 0.1) is 11.3 Å². The third-order valence-corrected chi connectivity index (χ3v) is 7.74. The van der Waals surface area contributed by atoms with E-state index >= 15 is 0 Å². The number of hydrogen-bond acceptors (Lipinski definition) is 11. The van der Waals surface area contributed by atoms with Gasteiger partial charge in [-0.05, 0) is 51.3 Å². The van der Waals surface area contributed by atoms with Crippen molar-refractivity contribution >= 4 is 41.3 Å². The first kappa shape index (κ1) is 37.1. The van der Waals surface area contributed by atoms with Crippen LogP contribution >= 0.6 is 0 Å². The predicted octanol–water partition coefficient (Wildman–Crippen LogP) is 0.641. The van der Waals surface area contributed by atoms with Crippen LogP contribution in [0.2, 0.25) is 0 Å². The van der Waals surface area contributed by atoms with Crippen molar-refractivity contribution in [3.8, 4) is 5.75 Å². The fraction of sp³-hybridized carbons (Fsp3) is 0.562. The van der Waals surface area contributed by atoms with Gasteiger partial charge in [0.15, 0.2) is 0 Å². The zero-order chi connectivity index (χ0) is 34.9. The minimum atomic E-state index is -1.79. The van der Waals surface area contributed by atoms with E-state index in [9.17, 15) is 49.2 Å². The van der Waals surface area contributed by atoms with E-state index in [1.165, 1.54) is 24.3 Å². The van der Waals surface area contributed by atoms with Crippen LogP contribution in [-0.2, 0) is 40.1 Å². The first-order valence-electron chi connectivity index (χ1n) is 15.4. The number of nitrogens with zero attached hydrogens (tertiary/aromatic N) is 1. The highest BCUT2D eigenvalue weighted by atomic mass is 16.5. The van der Waals surface area contributed by atoms with Gasteiger partial charge in [-0.1, -0.05) is 12.5 Å². The third kappa shape index (κ3) is 10.6. The highest BCUT2D eigenvalue weighted by molar-refractivity contribution is 6.12. The highest BCUT2D eigenvalue weighted by Gasteiger charge is 2.47. The van der Waals surface area contributed by atoms with Gasteiger partial charge in [-0.2, -0.15) is 0 Å². The quantitative estimate of drug-likeness (QED) is 0.0865. The Bertz CT molecular complexity index is 1350. The molecular formula is C32H43N3O12. The molecule has 2 aliphatic rings. The van der Waals surface area contributed by atoms with E-state index in [0.29, 0.717) is 24.8 Å². The van der Waals surface area contributed by atoms with Gasteiger partial charge in [0.1, 0.15) is 30.7 Å². The lowest BCUT2D eigenvalue weighted by Gasteiger charge is -2.38. The maximum absolute atomic E-state index is 12.9. The first-order valence-corrected chi connectivity index (χ1v) is 15.4. The molecule has 0 unspecified atom stereocenters. The van der Waals surface area contributed by atoms with E-state index in [1.807, 2.05) is 0 Å². The van der Waals surface area contributed by atoms with Crippen molar-refractivity contribution in [3.63, 3.8) is 0 Å². The summed E-state index contributed by atoms with van der Waals surface area (Å²) in [6.07, 6.45) is -2.50. The molecule has 1 aliphatic carbocycles. The second-order valence-corrected chi connectivity index (χ2v) is 12.6. The van der Waals surface area contributed by atoms with Crippen LogP contribution in [-0.4, -0.2) is 98.4 Å². The summed E-state index contributed by atoms with van der Waals surface area (Å²) in [7, 11) is 0. The molecule has 1 heterocycles. The summed E-state index contributed by atoms with van der Waals surface area (Å²) in [6.45, 7) is 5.25. The summed E-state index contributed by atoms with van der Waals surface area (Å²) >= 11 is 0. The number of benzene rings is 1. The molecule has 1 aromatic carbocycles. The van der Waals surface area contributed by atoms with Crippen molar-refractivity contribution in [2.45, 2.75) is 90.3 Å². The molecule has 0 radical (unpaired) electrons. The van der Waals surface area contributed by atoms with Gasteiger partial charge in [-0.15, -0.1) is 0 Å². The third-order valence-electron chi connectivity index (χ3n) is 7.74. The lowest BCUT2D eigenvalue weighted by atomic mass is 9.80. The Morgan fingerprint density at radius 2 is 1.60 bits per heavy atom. The number of hydrogen-bond donors (Lipinski definition) is 6. The molecule has 15 nitrogen and oxygen atoms in total. The molecular weight excluding hydrogens is 618 g/mol. The molecule has 258 valence electrons. The fourth-order valence-corrected chi connectivity index (χ4v) is 4.95. The largest absolute Gasteiger partial charge is 0.485 e. The van der Waals surface area contributed by atoms with Gasteiger partial charge in [-0.3, -0.25) is 33.7 Å². The van der Waals surface area contributed by atoms with E-state index in [4.69, 9.17) is 9.47 Å². The van der Waals surface area contributed by atoms with Crippen LogP contribution in [0.3, 0.4) is 0 Å². The van der Waals surface area contributed by atoms with Gasteiger partial charge in [-0.25, -0.2) is 0 Å². The number of carbonyl (C=O) groups is 6. The van der Waals surface area contributed by atoms with E-state index in [0.717, 1.165) is 4.90 Å². The molecule has 6 N–H and O–H groups in total. The Morgan fingerprint density at radius 1 is 0.915 bits per heavy atom. The fourth-order valence-electron chi connectivity index (χ4n) is 4.95. The topological polar surface area (TPSA) is 229 Å². The zero-order valence-corrected chi connectivity index (χ0v) is 26.6. The summed E-state index contributed by atoms with van der Waals surface area (Å²) in [5, 5.41) is 45.6. The number of rotatable bonds is 15. The molecule has 1 saturated carbocycles. The number of aliphatic hydroxyl groups is 3. The minimum absolute atomic E-state index is 0.0118. The number of carboxylic acid groups (broad SMARTS) is 1. The van der Waals surface area contributed by atoms with Crippen LogP contribution in [0.25, 0.3) is 0 Å². The molecule has 0 spiro atoms. The Hall–Kier alpha value is -4.34. The molecule has 4 amide bonds. The SMILES string of the molecule is CC(C)(C)C(=O)OCc1ccc(O[C@@H]2C[C@H](C(=O)O)[C@@H](O)[C@H](O)[C@H]2O)c(NC(=O)CCNC(=O)CCCCCN2C(=O)C=CC2=O)c1. The highest BCUT2D eigenvalue weighted by Crippen LogP contribution is 2.33. The zero-order valence-electron chi connectivity index (χ0n) is 26.6. The second-order valence-electron chi connectivity index (χ2n) is 12.6. The average Bonchev–Trinajstić information content (AvgIpc) is 3.32. The molecule has 5 atom stereocenters. The smallest absolute Gasteiger partial charge is 0.311 e. The van der Waals surface area contributed by atoms with Crippen LogP contribution in [0.4, 0.5) is 5.69 Å². The normalized spacial score (nSPS) is 22.6. The van der Waals surface area contributed by atoms with Crippen LogP contribution < -0.4 is 15.4 Å². The molecule has 47 heavy (non-hydrogen) atoms. The van der Waals surface area contributed by atoms with Gasteiger partial charge >= 0.3 is 11.9 Å². The minimum Gasteiger partial charge on any atom is -0.485 e. The van der Waals surface area contributed by atoms with Gasteiger partial charge < -0.3 is 40.5 Å². The number of carboxylic acids is 1. The number of carbonyl (C=O) groups excluding carboxylic acids is 5. The van der Waals surface area contributed by atoms with Crippen molar-refractivity contribution < 1.29 is 58.7 Å². The van der Waals surface area contributed by atoms with E-state index in [-0.39, 0.29) is 68.1 Å². The molecule has 1 aromatic rings. The lowest BCUT2D eigenvalue weighted by molar-refractivity contribution is -0.174. The average molecular weight is 662 g/mol. The number of nitrogens with one attached hydrogen (secondary N) is 2. The molecule has 1 aliphatic heterocycles. The Labute approximate surface area is 271 Å². The van der Waals surface area contributed by atoms with E-state index in [1.54, 1.807) is 26.8 Å². The number of ether oxygens (including phenoxy) is 2. The number of unbranched alkanes of at least 4 members (excludes halogenated alkanes) is 2. The van der Waals surface area contributed by atoms with Crippen molar-refractivity contribution in [2.24, 2.45) is 11.3 Å². The van der Waals surface area contributed by atoms with E-state index in [2.05, 4.69) is 10.6 Å². The standard InChI is InChI=1S/C32H43N3O12/c1-32(2,3)31(45)46-17-18-8-9-21(47-22-16-19(30(43)44)27(40)29(42)28(22)41)20(15-18)34-24(37)12-13-33-23(36)7-5-4-6-14-35-25(38)10-11-26(35)39/h8-11,15,19,22,27-29,40-42H,4-7,12-14,16-17H2,1-3H3,(H,33,36)(H,34,37)(H,43,44)/t19-,22+,27+,28-,29-/m0/s1. The van der Waals surface area contributed by atoms with Crippen LogP contribution in [0.1, 0.15) is 64.9 Å². The van der Waals surface area contributed by atoms with Gasteiger partial charge in [0, 0.05) is 44.5 Å². The second kappa shape index (κ2) is 16.5. The van der Waals surface area contributed by atoms with Crippen LogP contribution in [0.15, 0.2) is 30.4 Å². The Morgan fingerprint density at radius 3 is 2.23 bits per heavy atom. The van der Waals surface area contributed by atoms with Crippen molar-refractivity contribution in [1.29, 1.82) is 0 Å². The summed E-state index contributed by atoms with van der Waals surface area (Å²) in [4.78, 5) is 73.3. The molecule has 0 aromatic heterocycles. The molecule has 3 rings (SSSR count). The number of aliphatic hydroxyl groups excluding tert-OH is 3. The van der Waals surface area contributed by atoms with Gasteiger partial charge in [0.05, 0.1) is 23.1 Å². The van der Waals surface area contributed by atoms with Gasteiger partial charge in [0.25, 0.3) is 11.8 Å². The summed E-state index contributed by atoms with van der Waals surface area (Å²) < 4.78 is 11.2. The summed E-state index contributed by atoms with van der Waals surface area (Å²) in [5.74, 6) is -4.71. The molecule has 1 fully saturated rings. The van der Waals surface area contributed by atoms with Gasteiger partial charge in [0.2, 0.25) is 11.8 Å². The number of imide groups is 1. The predicted molar refractivity (Wildman–Crippen MR) is 164 cm³/mol. The number of anilines is 1. The maximum Gasteiger partial charge on any atom is 0.311 e. The molecule has 15 heteroatoms. The van der Waals surface area contributed by atoms with Crippen molar-refractivity contribution in [3.05, 3.63) is 35.9 Å². The molecule has 0 bridgehead atoms.